The first-order valence-electron chi connectivity index (χ1n) is 5.26. The van der Waals surface area contributed by atoms with Crippen molar-refractivity contribution in [2.24, 2.45) is 0 Å². The number of ether oxygens (including phenoxy) is 1. The Morgan fingerprint density at radius 3 is 1.95 bits per heavy atom. The van der Waals surface area contributed by atoms with Crippen molar-refractivity contribution in [2.45, 2.75) is 6.61 Å². The van der Waals surface area contributed by atoms with Gasteiger partial charge in [-0.1, -0.05) is 6.07 Å². The van der Waals surface area contributed by atoms with Gasteiger partial charge >= 0.3 is 0 Å². The molecule has 20 heavy (non-hydrogen) atoms. The Balaban J connectivity index is 2.28. The number of nitrogen functional groups attached to an aromatic ring is 1. The molecule has 0 aliphatic heterocycles. The zero-order valence-electron chi connectivity index (χ0n) is 9.76. The Kier molecular flexibility index (Phi) is 3.73. The van der Waals surface area contributed by atoms with Crippen LogP contribution >= 0.6 is 0 Å². The van der Waals surface area contributed by atoms with Crippen LogP contribution in [0.4, 0.5) is 27.8 Å². The molecule has 2 N–H and O–H groups in total. The van der Waals surface area contributed by atoms with Crippen molar-refractivity contribution in [1.29, 1.82) is 0 Å². The fourth-order valence-corrected chi connectivity index (χ4v) is 1.39. The number of hydrogen-bond donors (Lipinski definition) is 1. The molecular formula is C12H7F5N2O. The van der Waals surface area contributed by atoms with Crippen molar-refractivity contribution in [2.75, 3.05) is 5.73 Å². The molecule has 0 aliphatic rings. The molecule has 2 rings (SSSR count). The van der Waals surface area contributed by atoms with Crippen LogP contribution in [-0.2, 0) is 6.61 Å². The van der Waals surface area contributed by atoms with E-state index < -0.39 is 41.4 Å². The lowest BCUT2D eigenvalue weighted by atomic mass is 10.2. The van der Waals surface area contributed by atoms with Crippen LogP contribution in [0.1, 0.15) is 5.56 Å². The number of rotatable bonds is 3. The smallest absolute Gasteiger partial charge is 0.207 e. The van der Waals surface area contributed by atoms with E-state index in [1.165, 1.54) is 18.3 Å². The Labute approximate surface area is 109 Å². The van der Waals surface area contributed by atoms with Gasteiger partial charge in [-0.25, -0.2) is 18.2 Å². The second kappa shape index (κ2) is 5.32. The molecule has 0 spiro atoms. The van der Waals surface area contributed by atoms with E-state index in [-0.39, 0.29) is 5.82 Å². The number of nitrogens with zero attached hydrogens (tertiary/aromatic N) is 1. The summed E-state index contributed by atoms with van der Waals surface area (Å²) in [6.07, 6.45) is 1.25. The summed E-state index contributed by atoms with van der Waals surface area (Å²) in [5, 5.41) is 0. The summed E-state index contributed by atoms with van der Waals surface area (Å²) in [5.41, 5.74) is 5.68. The van der Waals surface area contributed by atoms with Crippen molar-refractivity contribution in [3.05, 3.63) is 53.0 Å². The van der Waals surface area contributed by atoms with E-state index in [4.69, 9.17) is 5.73 Å². The minimum atomic E-state index is -2.23. The summed E-state index contributed by atoms with van der Waals surface area (Å²) >= 11 is 0. The molecule has 3 nitrogen and oxygen atoms in total. The lowest BCUT2D eigenvalue weighted by molar-refractivity contribution is 0.253. The molecule has 0 fully saturated rings. The third kappa shape index (κ3) is 2.49. The molecule has 8 heteroatoms. The molecule has 0 saturated heterocycles. The predicted molar refractivity (Wildman–Crippen MR) is 59.2 cm³/mol. The van der Waals surface area contributed by atoms with Crippen molar-refractivity contribution in [3.8, 4) is 5.75 Å². The first kappa shape index (κ1) is 14.0. The van der Waals surface area contributed by atoms with Crippen molar-refractivity contribution in [3.63, 3.8) is 0 Å². The lowest BCUT2D eigenvalue weighted by Crippen LogP contribution is -2.07. The van der Waals surface area contributed by atoms with Crippen LogP contribution in [0.5, 0.6) is 5.75 Å². The maximum atomic E-state index is 13.3. The quantitative estimate of drug-likeness (QED) is 0.537. The Hall–Kier alpha value is -2.38. The molecule has 0 aliphatic carbocycles. The maximum Gasteiger partial charge on any atom is 0.207 e. The van der Waals surface area contributed by atoms with Crippen LogP contribution in [0.2, 0.25) is 0 Å². The third-order valence-corrected chi connectivity index (χ3v) is 2.40. The number of hydrogen-bond acceptors (Lipinski definition) is 3. The van der Waals surface area contributed by atoms with E-state index in [2.05, 4.69) is 9.72 Å². The molecule has 0 radical (unpaired) electrons. The molecular weight excluding hydrogens is 283 g/mol. The van der Waals surface area contributed by atoms with E-state index in [0.29, 0.717) is 5.56 Å². The minimum Gasteiger partial charge on any atom is -0.483 e. The maximum absolute atomic E-state index is 13.3. The zero-order valence-corrected chi connectivity index (χ0v) is 9.76. The average molecular weight is 290 g/mol. The third-order valence-electron chi connectivity index (χ3n) is 2.40. The van der Waals surface area contributed by atoms with E-state index >= 15 is 0 Å². The average Bonchev–Trinajstić information content (AvgIpc) is 2.45. The number of halogens is 5. The van der Waals surface area contributed by atoms with Crippen LogP contribution in [0, 0.1) is 29.1 Å². The van der Waals surface area contributed by atoms with Gasteiger partial charge in [0.25, 0.3) is 0 Å². The summed E-state index contributed by atoms with van der Waals surface area (Å²) in [6.45, 7) is -0.425. The highest BCUT2D eigenvalue weighted by atomic mass is 19.2. The summed E-state index contributed by atoms with van der Waals surface area (Å²) in [6, 6.07) is 2.84. The van der Waals surface area contributed by atoms with E-state index in [1.54, 1.807) is 0 Å². The second-order valence-electron chi connectivity index (χ2n) is 3.78. The monoisotopic (exact) mass is 290 g/mol. The van der Waals surface area contributed by atoms with Gasteiger partial charge in [0.1, 0.15) is 12.4 Å². The van der Waals surface area contributed by atoms with E-state index in [0.717, 1.165) is 0 Å². The second-order valence-corrected chi connectivity index (χ2v) is 3.78. The summed E-state index contributed by atoms with van der Waals surface area (Å²) in [7, 11) is 0. The fourth-order valence-electron chi connectivity index (χ4n) is 1.39. The van der Waals surface area contributed by atoms with Gasteiger partial charge in [-0.15, -0.1) is 0 Å². The van der Waals surface area contributed by atoms with Crippen molar-refractivity contribution < 1.29 is 26.7 Å². The number of nitrogens with two attached hydrogens (primary N) is 1. The molecule has 1 aromatic carbocycles. The zero-order chi connectivity index (χ0) is 14.9. The molecule has 0 atom stereocenters. The van der Waals surface area contributed by atoms with Crippen molar-refractivity contribution >= 4 is 5.82 Å². The van der Waals surface area contributed by atoms with E-state index in [9.17, 15) is 22.0 Å². The molecule has 106 valence electrons. The van der Waals surface area contributed by atoms with Gasteiger partial charge in [0.2, 0.25) is 29.1 Å². The number of aromatic nitrogens is 1. The highest BCUT2D eigenvalue weighted by molar-refractivity contribution is 5.31. The van der Waals surface area contributed by atoms with Gasteiger partial charge < -0.3 is 10.5 Å². The van der Waals surface area contributed by atoms with Crippen LogP contribution in [0.15, 0.2) is 18.3 Å². The molecule has 1 heterocycles. The summed E-state index contributed by atoms with van der Waals surface area (Å²) < 4.78 is 69.8. The Morgan fingerprint density at radius 1 is 0.900 bits per heavy atom. The van der Waals surface area contributed by atoms with Gasteiger partial charge in [0, 0.05) is 11.8 Å². The van der Waals surface area contributed by atoms with Crippen LogP contribution in [-0.4, -0.2) is 4.98 Å². The van der Waals surface area contributed by atoms with Gasteiger partial charge in [-0.3, -0.25) is 0 Å². The van der Waals surface area contributed by atoms with Crippen molar-refractivity contribution in [1.82, 2.24) is 4.98 Å². The predicted octanol–water partition coefficient (Wildman–Crippen LogP) is 2.94. The molecule has 0 bridgehead atoms. The van der Waals surface area contributed by atoms with Crippen LogP contribution in [0.25, 0.3) is 0 Å². The topological polar surface area (TPSA) is 48.1 Å². The molecule has 1 aromatic heterocycles. The highest BCUT2D eigenvalue weighted by Crippen LogP contribution is 2.29. The fraction of sp³-hybridized carbons (Fsp3) is 0.0833. The summed E-state index contributed by atoms with van der Waals surface area (Å²) in [5.74, 6) is -11.5. The summed E-state index contributed by atoms with van der Waals surface area (Å²) in [4.78, 5) is 3.69. The van der Waals surface area contributed by atoms with Crippen LogP contribution in [0.3, 0.4) is 0 Å². The normalized spacial score (nSPS) is 10.7. The highest BCUT2D eigenvalue weighted by Gasteiger charge is 2.26. The standard InChI is InChI=1S/C12H7F5N2O/c13-7-8(14)10(16)12(11(17)9(7)15)20-4-5-1-2-6(18)19-3-5/h1-3H,4H2,(H2,18,19). The van der Waals surface area contributed by atoms with Gasteiger partial charge in [-0.05, 0) is 6.07 Å². The molecule has 2 aromatic rings. The number of anilines is 1. The lowest BCUT2D eigenvalue weighted by Gasteiger charge is -2.10. The SMILES string of the molecule is Nc1ccc(COc2c(F)c(F)c(F)c(F)c2F)cn1. The number of benzene rings is 1. The Bertz CT molecular complexity index is 616. The van der Waals surface area contributed by atoms with Gasteiger partial charge in [0.05, 0.1) is 0 Å². The van der Waals surface area contributed by atoms with Gasteiger partial charge in [-0.2, -0.15) is 8.78 Å². The minimum absolute atomic E-state index is 0.213. The largest absolute Gasteiger partial charge is 0.483 e. The molecule has 0 amide bonds. The van der Waals surface area contributed by atoms with Gasteiger partial charge in [0.15, 0.2) is 5.75 Å². The molecule has 0 saturated carbocycles. The Morgan fingerprint density at radius 2 is 1.45 bits per heavy atom. The first-order chi connectivity index (χ1) is 9.41. The van der Waals surface area contributed by atoms with Crippen LogP contribution < -0.4 is 10.5 Å². The first-order valence-corrected chi connectivity index (χ1v) is 5.26. The van der Waals surface area contributed by atoms with E-state index in [1.807, 2.05) is 0 Å². The number of pyridine rings is 1. The molecule has 0 unspecified atom stereocenters.